The van der Waals surface area contributed by atoms with Crippen molar-refractivity contribution in [2.45, 2.75) is 51.3 Å². The van der Waals surface area contributed by atoms with E-state index in [4.69, 9.17) is 4.74 Å². The van der Waals surface area contributed by atoms with Crippen molar-refractivity contribution < 1.29 is 54.6 Å². The molecule has 8 nitrogen and oxygen atoms in total. The Morgan fingerprint density at radius 3 is 2.06 bits per heavy atom. The van der Waals surface area contributed by atoms with Gasteiger partial charge in [-0.1, -0.05) is 6.07 Å². The highest BCUT2D eigenvalue weighted by Gasteiger charge is 2.44. The van der Waals surface area contributed by atoms with E-state index in [1.165, 1.54) is 37.4 Å². The molecule has 2 fully saturated rings. The van der Waals surface area contributed by atoms with E-state index in [9.17, 15) is 41.0 Å². The van der Waals surface area contributed by atoms with Gasteiger partial charge in [0.2, 0.25) is 5.95 Å². The summed E-state index contributed by atoms with van der Waals surface area (Å²) in [5.74, 6) is -2.95. The van der Waals surface area contributed by atoms with Crippen LogP contribution in [-0.2, 0) is 23.6 Å². The minimum absolute atomic E-state index is 0.0229. The number of aromatic carboxylic acids is 1. The number of rotatable bonds is 7. The molecule has 16 heteroatoms. The fourth-order valence-corrected chi connectivity index (χ4v) is 5.95. The number of carboxylic acids is 1. The van der Waals surface area contributed by atoms with E-state index in [2.05, 4.69) is 9.97 Å². The van der Waals surface area contributed by atoms with Gasteiger partial charge in [-0.2, -0.15) is 26.3 Å². The van der Waals surface area contributed by atoms with E-state index in [-0.39, 0.29) is 45.5 Å². The highest BCUT2D eigenvalue weighted by atomic mass is 19.4. The molecule has 0 spiro atoms. The van der Waals surface area contributed by atoms with E-state index >= 15 is 8.78 Å². The first-order valence-electron chi connectivity index (χ1n) is 15.1. The number of carbonyl (C=O) groups excluding carboxylic acids is 1. The van der Waals surface area contributed by atoms with Crippen LogP contribution in [0.2, 0.25) is 0 Å². The molecule has 1 aromatic heterocycles. The summed E-state index contributed by atoms with van der Waals surface area (Å²) in [6, 6.07) is 5.64. The number of nitrogens with zero attached hydrogens (tertiary/aromatic N) is 4. The highest BCUT2D eigenvalue weighted by Crippen LogP contribution is 2.42. The predicted octanol–water partition coefficient (Wildman–Crippen LogP) is 8.43. The van der Waals surface area contributed by atoms with Crippen molar-refractivity contribution in [3.63, 3.8) is 0 Å². The van der Waals surface area contributed by atoms with Crippen LogP contribution in [0.1, 0.15) is 57.8 Å². The summed E-state index contributed by atoms with van der Waals surface area (Å²) in [7, 11) is 0. The first-order chi connectivity index (χ1) is 23.4. The molecule has 0 saturated carbocycles. The molecule has 0 aliphatic carbocycles. The van der Waals surface area contributed by atoms with E-state index < -0.39 is 71.4 Å². The molecular formula is C34H26F8N4O4. The van der Waals surface area contributed by atoms with Gasteiger partial charge in [0, 0.05) is 42.0 Å². The average Bonchev–Trinajstić information content (AvgIpc) is 3.28. The van der Waals surface area contributed by atoms with Crippen LogP contribution in [0.3, 0.4) is 0 Å². The molecular weight excluding hydrogens is 680 g/mol. The Morgan fingerprint density at radius 2 is 1.52 bits per heavy atom. The van der Waals surface area contributed by atoms with Gasteiger partial charge >= 0.3 is 24.4 Å². The second-order valence-corrected chi connectivity index (χ2v) is 12.0. The molecule has 6 rings (SSSR count). The molecule has 50 heavy (non-hydrogen) atoms. The zero-order chi connectivity index (χ0) is 36.3. The van der Waals surface area contributed by atoms with Crippen LogP contribution in [0.25, 0.3) is 22.3 Å². The Kier molecular flexibility index (Phi) is 8.68. The number of cyclic esters (lactones) is 1. The van der Waals surface area contributed by atoms with Crippen LogP contribution < -0.4 is 4.90 Å². The summed E-state index contributed by atoms with van der Waals surface area (Å²) in [4.78, 5) is 36.3. The van der Waals surface area contributed by atoms with Crippen molar-refractivity contribution in [2.75, 3.05) is 18.0 Å². The lowest BCUT2D eigenvalue weighted by Crippen LogP contribution is -2.39. The van der Waals surface area contributed by atoms with Gasteiger partial charge in [0.15, 0.2) is 0 Å². The van der Waals surface area contributed by atoms with E-state index in [1.54, 1.807) is 11.8 Å². The number of hydrogen-bond donors (Lipinski definition) is 1. The second kappa shape index (κ2) is 12.6. The lowest BCUT2D eigenvalue weighted by Gasteiger charge is -2.31. The van der Waals surface area contributed by atoms with Crippen molar-refractivity contribution in [2.24, 2.45) is 0 Å². The van der Waals surface area contributed by atoms with Crippen LogP contribution >= 0.6 is 0 Å². The number of carbonyl (C=O) groups is 2. The number of ether oxygens (including phenoxy) is 1. The summed E-state index contributed by atoms with van der Waals surface area (Å²) in [6.45, 7) is 3.69. The second-order valence-electron chi connectivity index (χ2n) is 12.0. The first kappa shape index (κ1) is 34.6. The molecule has 3 heterocycles. The standard InChI is InChI=1S/C34H26F8N4O4/c1-16-8-18(30(47)48)4-5-22(16)23-12-24(27(36)13-26(23)35)25-14-43-31(45-6-3-7-45)44-28(25)15-46-17(2)29(50-32(46)49)19-9-20(33(37,38)39)11-21(10-19)34(40,41)42/h4-5,8-14,17,29H,3,6-7,15H2,1-2H3,(H,47,48)/t17-,29-/m0/s1. The van der Waals surface area contributed by atoms with E-state index in [0.29, 0.717) is 36.9 Å². The maximum Gasteiger partial charge on any atom is 0.416 e. The maximum absolute atomic E-state index is 15.6. The van der Waals surface area contributed by atoms with E-state index in [1.807, 2.05) is 0 Å². The fourth-order valence-electron chi connectivity index (χ4n) is 5.95. The Balaban J connectivity index is 1.41. The molecule has 1 N–H and O–H groups in total. The van der Waals surface area contributed by atoms with Crippen molar-refractivity contribution >= 4 is 18.0 Å². The van der Waals surface area contributed by atoms with Crippen LogP contribution in [0.15, 0.2) is 54.7 Å². The average molecular weight is 707 g/mol. The van der Waals surface area contributed by atoms with Crippen molar-refractivity contribution in [3.8, 4) is 22.3 Å². The SMILES string of the molecule is Cc1cc(C(=O)O)ccc1-c1cc(-c2cnc(N3CCC3)nc2CN2C(=O)O[C@H](c3cc(C(F)(F)F)cc(C(F)(F)F)c3)[C@@H]2C)c(F)cc1F. The molecule has 2 aliphatic rings. The molecule has 4 aromatic rings. The Hall–Kier alpha value is -5.28. The largest absolute Gasteiger partial charge is 0.478 e. The molecule has 1 amide bonds. The normalized spacial score (nSPS) is 17.9. The number of alkyl halides is 6. The number of amides is 1. The molecule has 262 valence electrons. The van der Waals surface area contributed by atoms with Crippen LogP contribution in [-0.4, -0.2) is 51.2 Å². The lowest BCUT2D eigenvalue weighted by atomic mass is 9.94. The summed E-state index contributed by atoms with van der Waals surface area (Å²) in [5, 5.41) is 9.32. The Morgan fingerprint density at radius 1 is 0.900 bits per heavy atom. The number of hydrogen-bond acceptors (Lipinski definition) is 6. The highest BCUT2D eigenvalue weighted by molar-refractivity contribution is 5.89. The van der Waals surface area contributed by atoms with Crippen molar-refractivity contribution in [1.82, 2.24) is 14.9 Å². The monoisotopic (exact) mass is 706 g/mol. The summed E-state index contributed by atoms with van der Waals surface area (Å²) < 4.78 is 118. The van der Waals surface area contributed by atoms with Gasteiger partial charge in [0.1, 0.15) is 17.7 Å². The number of aryl methyl sites for hydroxylation is 1. The van der Waals surface area contributed by atoms with Gasteiger partial charge < -0.3 is 14.7 Å². The molecule has 0 radical (unpaired) electrons. The number of benzene rings is 3. The lowest BCUT2D eigenvalue weighted by molar-refractivity contribution is -0.143. The summed E-state index contributed by atoms with van der Waals surface area (Å²) in [5.41, 5.74) is -3.26. The fraction of sp³-hybridized carbons (Fsp3) is 0.294. The minimum Gasteiger partial charge on any atom is -0.478 e. The van der Waals surface area contributed by atoms with Crippen LogP contribution in [0.4, 0.5) is 45.9 Å². The quantitative estimate of drug-likeness (QED) is 0.193. The molecule has 0 bridgehead atoms. The number of halogens is 8. The maximum atomic E-state index is 15.6. The Bertz CT molecular complexity index is 1980. The topological polar surface area (TPSA) is 95.9 Å². The molecule has 3 aromatic carbocycles. The minimum atomic E-state index is -5.13. The van der Waals surface area contributed by atoms with Gasteiger partial charge in [-0.05, 0) is 73.4 Å². The third-order valence-electron chi connectivity index (χ3n) is 8.76. The van der Waals surface area contributed by atoms with Crippen molar-refractivity contribution in [3.05, 3.63) is 99.9 Å². The van der Waals surface area contributed by atoms with Crippen LogP contribution in [0, 0.1) is 18.6 Å². The predicted molar refractivity (Wildman–Crippen MR) is 162 cm³/mol. The van der Waals surface area contributed by atoms with Crippen LogP contribution in [0.5, 0.6) is 0 Å². The number of carboxylic acid groups (broad SMARTS) is 1. The number of anilines is 1. The van der Waals surface area contributed by atoms with E-state index in [0.717, 1.165) is 11.3 Å². The smallest absolute Gasteiger partial charge is 0.416 e. The first-order valence-corrected chi connectivity index (χ1v) is 15.1. The van der Waals surface area contributed by atoms with Gasteiger partial charge in [0.25, 0.3) is 0 Å². The summed E-state index contributed by atoms with van der Waals surface area (Å²) in [6.07, 6.45) is -10.7. The van der Waals surface area contributed by atoms with Gasteiger partial charge in [-0.25, -0.2) is 28.3 Å². The van der Waals surface area contributed by atoms with Gasteiger partial charge in [-0.3, -0.25) is 4.90 Å². The Labute approximate surface area is 278 Å². The molecule has 2 saturated heterocycles. The number of aromatic nitrogens is 2. The van der Waals surface area contributed by atoms with Crippen molar-refractivity contribution in [1.29, 1.82) is 0 Å². The van der Waals surface area contributed by atoms with Gasteiger partial charge in [0.05, 0.1) is 35.0 Å². The molecule has 2 atom stereocenters. The van der Waals surface area contributed by atoms with Gasteiger partial charge in [-0.15, -0.1) is 0 Å². The summed E-state index contributed by atoms with van der Waals surface area (Å²) >= 11 is 0. The third kappa shape index (κ3) is 6.53. The molecule has 2 aliphatic heterocycles. The third-order valence-corrected chi connectivity index (χ3v) is 8.76. The molecule has 0 unspecified atom stereocenters. The zero-order valence-corrected chi connectivity index (χ0v) is 26.2. The zero-order valence-electron chi connectivity index (χ0n) is 26.2.